The molecule has 47 heavy (non-hydrogen) atoms. The molecule has 220 valence electrons. The van der Waals surface area contributed by atoms with Crippen LogP contribution in [0.1, 0.15) is 16.8 Å². The van der Waals surface area contributed by atoms with Crippen molar-refractivity contribution in [2.24, 2.45) is 0 Å². The number of fused-ring (bicyclic) bond motifs is 4. The van der Waals surface area contributed by atoms with Crippen LogP contribution in [-0.4, -0.2) is 14.5 Å². The zero-order chi connectivity index (χ0) is 31.2. The van der Waals surface area contributed by atoms with Crippen molar-refractivity contribution in [1.29, 1.82) is 0 Å². The van der Waals surface area contributed by atoms with E-state index in [0.717, 1.165) is 50.5 Å². The number of benzene rings is 5. The van der Waals surface area contributed by atoms with E-state index in [9.17, 15) is 0 Å². The molecule has 2 aromatic heterocycles. The van der Waals surface area contributed by atoms with E-state index in [1.807, 2.05) is 36.5 Å². The quantitative estimate of drug-likeness (QED) is 0.184. The number of allylic oxidation sites excluding steroid dienone is 5. The maximum atomic E-state index is 5.03. The molecule has 0 bridgehead atoms. The van der Waals surface area contributed by atoms with Gasteiger partial charge in [0.05, 0.1) is 22.1 Å². The highest BCUT2D eigenvalue weighted by atomic mass is 15.1. The van der Waals surface area contributed by atoms with Gasteiger partial charge >= 0.3 is 0 Å². The molecule has 3 heteroatoms. The third-order valence-corrected chi connectivity index (χ3v) is 9.40. The van der Waals surface area contributed by atoms with Crippen molar-refractivity contribution in [2.75, 3.05) is 0 Å². The summed E-state index contributed by atoms with van der Waals surface area (Å²) in [7, 11) is 0. The molecule has 0 fully saturated rings. The first kappa shape index (κ1) is 27.1. The van der Waals surface area contributed by atoms with Crippen LogP contribution in [0.2, 0.25) is 0 Å². The van der Waals surface area contributed by atoms with Gasteiger partial charge in [0, 0.05) is 17.4 Å². The molecular formula is C44H29N3. The zero-order valence-corrected chi connectivity index (χ0v) is 25.6. The van der Waals surface area contributed by atoms with E-state index < -0.39 is 5.41 Å². The molecule has 2 heterocycles. The molecule has 7 aromatic rings. The molecule has 2 aliphatic rings. The number of nitrogens with zero attached hydrogens (tertiary/aromatic N) is 3. The van der Waals surface area contributed by atoms with E-state index >= 15 is 0 Å². The van der Waals surface area contributed by atoms with Gasteiger partial charge in [-0.3, -0.25) is 9.55 Å². The van der Waals surface area contributed by atoms with E-state index in [-0.39, 0.29) is 0 Å². The first-order valence-corrected chi connectivity index (χ1v) is 15.9. The number of aromatic nitrogens is 3. The second kappa shape index (κ2) is 11.0. The van der Waals surface area contributed by atoms with Crippen LogP contribution in [0.25, 0.3) is 50.4 Å². The van der Waals surface area contributed by atoms with Gasteiger partial charge in [-0.05, 0) is 93.6 Å². The fraction of sp³-hybridized carbons (Fsp3) is 0.0227. The van der Waals surface area contributed by atoms with Crippen molar-refractivity contribution < 1.29 is 0 Å². The summed E-state index contributed by atoms with van der Waals surface area (Å²) in [5.41, 5.74) is 16.4. The van der Waals surface area contributed by atoms with Crippen LogP contribution in [-0.2, 0) is 5.41 Å². The summed E-state index contributed by atoms with van der Waals surface area (Å²) in [5, 5.41) is 0. The minimum Gasteiger partial charge on any atom is -0.292 e. The minimum atomic E-state index is -0.584. The molecule has 0 radical (unpaired) electrons. The predicted molar refractivity (Wildman–Crippen MR) is 191 cm³/mol. The predicted octanol–water partition coefficient (Wildman–Crippen LogP) is 10.3. The van der Waals surface area contributed by atoms with Gasteiger partial charge < -0.3 is 0 Å². The highest BCUT2D eigenvalue weighted by Gasteiger charge is 2.47. The summed E-state index contributed by atoms with van der Waals surface area (Å²) >= 11 is 0. The van der Waals surface area contributed by atoms with Gasteiger partial charge in [-0.25, -0.2) is 4.98 Å². The normalized spacial score (nSPS) is 16.1. The summed E-state index contributed by atoms with van der Waals surface area (Å²) < 4.78 is 2.26. The number of hydrogen-bond acceptors (Lipinski definition) is 2. The van der Waals surface area contributed by atoms with Crippen LogP contribution in [0.4, 0.5) is 0 Å². The van der Waals surface area contributed by atoms with Crippen LogP contribution in [0, 0.1) is 0 Å². The number of imidazole rings is 1. The number of para-hydroxylation sites is 2. The third kappa shape index (κ3) is 4.22. The Morgan fingerprint density at radius 1 is 0.596 bits per heavy atom. The zero-order valence-electron chi connectivity index (χ0n) is 25.6. The summed E-state index contributed by atoms with van der Waals surface area (Å²) in [6.45, 7) is 0. The first-order valence-electron chi connectivity index (χ1n) is 15.9. The van der Waals surface area contributed by atoms with Crippen molar-refractivity contribution in [3.8, 4) is 39.3 Å². The van der Waals surface area contributed by atoms with Crippen LogP contribution in [0.3, 0.4) is 0 Å². The molecule has 3 nitrogen and oxygen atoms in total. The van der Waals surface area contributed by atoms with E-state index in [2.05, 4.69) is 150 Å². The Kier molecular flexibility index (Phi) is 6.31. The highest BCUT2D eigenvalue weighted by molar-refractivity contribution is 5.89. The fourth-order valence-electron chi connectivity index (χ4n) is 7.34. The molecule has 9 rings (SSSR count). The summed E-state index contributed by atoms with van der Waals surface area (Å²) in [5.74, 6) is 0.933. The lowest BCUT2D eigenvalue weighted by atomic mass is 9.68. The molecule has 0 aliphatic heterocycles. The van der Waals surface area contributed by atoms with E-state index in [0.29, 0.717) is 0 Å². The maximum absolute atomic E-state index is 5.03. The molecule has 2 aliphatic carbocycles. The summed E-state index contributed by atoms with van der Waals surface area (Å²) in [6.07, 6.45) is 12.3. The number of hydrogen-bond donors (Lipinski definition) is 0. The van der Waals surface area contributed by atoms with Gasteiger partial charge in [-0.15, -0.1) is 5.73 Å². The van der Waals surface area contributed by atoms with Gasteiger partial charge in [0.1, 0.15) is 5.82 Å². The lowest BCUT2D eigenvalue weighted by Crippen LogP contribution is -2.30. The monoisotopic (exact) mass is 599 g/mol. The number of pyridine rings is 1. The van der Waals surface area contributed by atoms with E-state index in [4.69, 9.17) is 9.97 Å². The van der Waals surface area contributed by atoms with Crippen LogP contribution in [0.15, 0.2) is 187 Å². The van der Waals surface area contributed by atoms with Crippen molar-refractivity contribution >= 4 is 11.0 Å². The van der Waals surface area contributed by atoms with E-state index in [1.165, 1.54) is 22.3 Å². The number of rotatable bonds is 5. The molecule has 0 amide bonds. The topological polar surface area (TPSA) is 30.7 Å². The maximum Gasteiger partial charge on any atom is 0.145 e. The first-order chi connectivity index (χ1) is 23.3. The second-order valence-corrected chi connectivity index (χ2v) is 11.9. The lowest BCUT2D eigenvalue weighted by molar-refractivity contribution is 0.734. The molecule has 1 atom stereocenters. The molecular weight excluding hydrogens is 571 g/mol. The fourth-order valence-corrected chi connectivity index (χ4v) is 7.34. The van der Waals surface area contributed by atoms with Gasteiger partial charge in [-0.2, -0.15) is 0 Å². The van der Waals surface area contributed by atoms with Gasteiger partial charge in [-0.1, -0.05) is 115 Å². The molecule has 0 saturated heterocycles. The highest BCUT2D eigenvalue weighted by Crippen LogP contribution is 2.56. The van der Waals surface area contributed by atoms with Gasteiger partial charge in [0.25, 0.3) is 0 Å². The Balaban J connectivity index is 1.22. The molecule has 0 N–H and O–H groups in total. The Bertz CT molecular complexity index is 2420. The summed E-state index contributed by atoms with van der Waals surface area (Å²) in [6, 6.07) is 49.5. The summed E-state index contributed by atoms with van der Waals surface area (Å²) in [4.78, 5) is 10.0. The van der Waals surface area contributed by atoms with Crippen molar-refractivity contribution in [3.63, 3.8) is 0 Å². The molecule has 0 saturated carbocycles. The van der Waals surface area contributed by atoms with Crippen molar-refractivity contribution in [3.05, 3.63) is 204 Å². The third-order valence-electron chi connectivity index (χ3n) is 9.40. The van der Waals surface area contributed by atoms with Gasteiger partial charge in [0.2, 0.25) is 0 Å². The largest absolute Gasteiger partial charge is 0.292 e. The van der Waals surface area contributed by atoms with Crippen LogP contribution >= 0.6 is 0 Å². The second-order valence-electron chi connectivity index (χ2n) is 11.9. The minimum absolute atomic E-state index is 0.584. The average Bonchev–Trinajstić information content (AvgIpc) is 3.53. The Morgan fingerprint density at radius 2 is 1.36 bits per heavy atom. The Labute approximate surface area is 273 Å². The van der Waals surface area contributed by atoms with Gasteiger partial charge in [0.15, 0.2) is 0 Å². The van der Waals surface area contributed by atoms with Crippen molar-refractivity contribution in [2.45, 2.75) is 5.41 Å². The molecule has 5 aromatic carbocycles. The lowest BCUT2D eigenvalue weighted by Gasteiger charge is -2.33. The smallest absolute Gasteiger partial charge is 0.145 e. The molecule has 1 unspecified atom stereocenters. The Morgan fingerprint density at radius 3 is 2.23 bits per heavy atom. The van der Waals surface area contributed by atoms with E-state index in [1.54, 1.807) is 0 Å². The van der Waals surface area contributed by atoms with Crippen LogP contribution < -0.4 is 0 Å². The average molecular weight is 600 g/mol. The van der Waals surface area contributed by atoms with Crippen LogP contribution in [0.5, 0.6) is 0 Å². The Hall–Kier alpha value is -6.28. The standard InChI is InChI=1S/C44H29N3/c1-2-7-17-34(16-6-1)44(42-22-12-13-29-45-42)38-19-9-8-18-36(38)37-28-25-33(30-39(37)44)31-23-26-35(27-24-31)47-41-21-11-10-20-40(41)46-43(47)32-14-4-3-5-15-32/h1-6,8-30H. The SMILES string of the molecule is C1=CC=CC=C(C2(c3ccccn3)c3ccccc3-c3ccc(-c4ccc(-n5c(-c6ccccc6)nc6ccccc65)cc4)cc32)C=1. The molecule has 0 spiro atoms. The van der Waals surface area contributed by atoms with Crippen molar-refractivity contribution in [1.82, 2.24) is 14.5 Å².